The Morgan fingerprint density at radius 1 is 1.00 bits per heavy atom. The molecular weight excluding hydrogens is 376 g/mol. The van der Waals surface area contributed by atoms with Crippen molar-refractivity contribution in [1.29, 1.82) is 0 Å². The van der Waals surface area contributed by atoms with Crippen molar-refractivity contribution in [3.63, 3.8) is 0 Å². The highest BCUT2D eigenvalue weighted by molar-refractivity contribution is 6.01. The molecule has 1 aromatic heterocycles. The van der Waals surface area contributed by atoms with Crippen LogP contribution in [0, 0.1) is 11.8 Å². The summed E-state index contributed by atoms with van der Waals surface area (Å²) in [6.45, 7) is 5.59. The average Bonchev–Trinajstić information content (AvgIpc) is 2.77. The number of esters is 1. The van der Waals surface area contributed by atoms with Crippen molar-refractivity contribution in [3.8, 4) is 23.2 Å². The molecular formula is C25H30N2O3. The number of unbranched alkanes of at least 4 members (excludes halogenated alkanes) is 4. The van der Waals surface area contributed by atoms with Crippen LogP contribution in [-0.2, 0) is 16.0 Å². The first-order valence-electron chi connectivity index (χ1n) is 10.7. The molecule has 2 rings (SSSR count). The van der Waals surface area contributed by atoms with Crippen molar-refractivity contribution >= 4 is 11.8 Å². The van der Waals surface area contributed by atoms with Crippen LogP contribution in [0.25, 0.3) is 11.4 Å². The Morgan fingerprint density at radius 2 is 1.67 bits per heavy atom. The van der Waals surface area contributed by atoms with E-state index in [1.54, 1.807) is 24.3 Å². The molecule has 1 atom stereocenters. The fraction of sp³-hybridized carbons (Fsp3) is 0.440. The number of aromatic nitrogens is 2. The smallest absolute Gasteiger partial charge is 0.338 e. The molecule has 0 aliphatic heterocycles. The van der Waals surface area contributed by atoms with Crippen LogP contribution in [-0.4, -0.2) is 27.8 Å². The zero-order chi connectivity index (χ0) is 21.8. The van der Waals surface area contributed by atoms with Crippen LogP contribution in [0.2, 0.25) is 0 Å². The zero-order valence-electron chi connectivity index (χ0n) is 18.1. The van der Waals surface area contributed by atoms with Gasteiger partial charge in [0.2, 0.25) is 5.78 Å². The number of hydrogen-bond acceptors (Lipinski definition) is 5. The summed E-state index contributed by atoms with van der Waals surface area (Å²) >= 11 is 0. The number of nitrogens with zero attached hydrogens (tertiary/aromatic N) is 2. The largest absolute Gasteiger partial charge is 0.450 e. The number of rotatable bonds is 10. The van der Waals surface area contributed by atoms with Gasteiger partial charge in [-0.25, -0.2) is 14.8 Å². The minimum absolute atomic E-state index is 0.366. The Balaban J connectivity index is 1.91. The minimum atomic E-state index is -0.894. The van der Waals surface area contributed by atoms with Gasteiger partial charge in [0.25, 0.3) is 0 Å². The second kappa shape index (κ2) is 12.5. The minimum Gasteiger partial charge on any atom is -0.450 e. The number of carbonyl (C=O) groups is 2. The molecule has 0 amide bonds. The summed E-state index contributed by atoms with van der Waals surface area (Å²) in [6.07, 6.45) is 10.6. The maximum atomic E-state index is 12.2. The summed E-state index contributed by atoms with van der Waals surface area (Å²) < 4.78 is 5.20. The monoisotopic (exact) mass is 406 g/mol. The van der Waals surface area contributed by atoms with Crippen molar-refractivity contribution < 1.29 is 14.3 Å². The summed E-state index contributed by atoms with van der Waals surface area (Å²) in [4.78, 5) is 32.9. The van der Waals surface area contributed by atoms with Gasteiger partial charge in [-0.2, -0.15) is 0 Å². The van der Waals surface area contributed by atoms with Gasteiger partial charge >= 0.3 is 5.97 Å². The summed E-state index contributed by atoms with van der Waals surface area (Å²) in [5.41, 5.74) is 2.32. The van der Waals surface area contributed by atoms with Gasteiger partial charge < -0.3 is 4.74 Å². The van der Waals surface area contributed by atoms with E-state index in [4.69, 9.17) is 4.74 Å². The van der Waals surface area contributed by atoms with Crippen LogP contribution in [0.5, 0.6) is 0 Å². The van der Waals surface area contributed by atoms with Crippen LogP contribution in [0.3, 0.4) is 0 Å². The molecule has 0 saturated carbocycles. The summed E-state index contributed by atoms with van der Waals surface area (Å²) in [6, 6.07) is 6.86. The Morgan fingerprint density at radius 3 is 2.30 bits per heavy atom. The van der Waals surface area contributed by atoms with Gasteiger partial charge in [-0.3, -0.25) is 4.79 Å². The highest BCUT2D eigenvalue weighted by Gasteiger charge is 2.17. The van der Waals surface area contributed by atoms with E-state index in [-0.39, 0.29) is 0 Å². The molecule has 0 aliphatic rings. The molecule has 158 valence electrons. The van der Waals surface area contributed by atoms with Crippen LogP contribution < -0.4 is 0 Å². The van der Waals surface area contributed by atoms with Gasteiger partial charge in [0.05, 0.1) is 5.56 Å². The number of ketones is 1. The number of benzene rings is 1. The third kappa shape index (κ3) is 7.44. The van der Waals surface area contributed by atoms with E-state index in [0.717, 1.165) is 24.0 Å². The molecule has 1 aromatic carbocycles. The van der Waals surface area contributed by atoms with Crippen LogP contribution in [0.1, 0.15) is 75.2 Å². The molecule has 0 N–H and O–H groups in total. The molecule has 0 fully saturated rings. The lowest BCUT2D eigenvalue weighted by Crippen LogP contribution is -2.23. The topological polar surface area (TPSA) is 69.2 Å². The predicted molar refractivity (Wildman–Crippen MR) is 118 cm³/mol. The van der Waals surface area contributed by atoms with E-state index < -0.39 is 17.9 Å². The molecule has 0 radical (unpaired) electrons. The van der Waals surface area contributed by atoms with Crippen molar-refractivity contribution in [1.82, 2.24) is 9.97 Å². The molecule has 2 aromatic rings. The van der Waals surface area contributed by atoms with Crippen molar-refractivity contribution in [2.24, 2.45) is 0 Å². The fourth-order valence-corrected chi connectivity index (χ4v) is 2.88. The van der Waals surface area contributed by atoms with Gasteiger partial charge in [-0.15, -0.1) is 0 Å². The normalized spacial score (nSPS) is 11.3. The standard InChI is InChI=1S/C25H30N2O3/c1-4-6-8-9-10-11-20-17-26-24(27-18-20)21-13-15-22(16-14-21)25(29)30-19(3)23(28)12-7-5-2/h13-19H,4-6,8-11H2,1-3H3. The predicted octanol–water partition coefficient (Wildman–Crippen LogP) is 5.18. The molecule has 0 spiro atoms. The maximum Gasteiger partial charge on any atom is 0.338 e. The van der Waals surface area contributed by atoms with E-state index in [0.29, 0.717) is 17.8 Å². The highest BCUT2D eigenvalue weighted by atomic mass is 16.5. The molecule has 0 aliphatic carbocycles. The van der Waals surface area contributed by atoms with Crippen LogP contribution >= 0.6 is 0 Å². The van der Waals surface area contributed by atoms with E-state index in [1.807, 2.05) is 19.3 Å². The van der Waals surface area contributed by atoms with Gasteiger partial charge in [0, 0.05) is 24.4 Å². The molecule has 30 heavy (non-hydrogen) atoms. The Bertz CT molecular complexity index is 877. The second-order valence-electron chi connectivity index (χ2n) is 7.22. The van der Waals surface area contributed by atoms with Gasteiger partial charge in [-0.05, 0) is 43.4 Å². The molecule has 1 heterocycles. The number of Topliss-reactive ketones (excluding diaryl/α,β-unsaturated/α-hetero) is 1. The first-order chi connectivity index (χ1) is 14.5. The SMILES string of the molecule is CCC#CC(=O)C(C)OC(=O)c1ccc(-c2ncc(CCCCCCC)cn2)cc1. The summed E-state index contributed by atoms with van der Waals surface area (Å²) in [7, 11) is 0. The first kappa shape index (κ1) is 23.3. The lowest BCUT2D eigenvalue weighted by atomic mass is 10.1. The van der Waals surface area contributed by atoms with Crippen molar-refractivity contribution in [2.45, 2.75) is 71.8 Å². The Hall–Kier alpha value is -3.00. The van der Waals surface area contributed by atoms with Gasteiger partial charge in [0.1, 0.15) is 0 Å². The van der Waals surface area contributed by atoms with E-state index in [2.05, 4.69) is 28.7 Å². The average molecular weight is 407 g/mol. The van der Waals surface area contributed by atoms with Crippen molar-refractivity contribution in [2.75, 3.05) is 0 Å². The van der Waals surface area contributed by atoms with Gasteiger partial charge in [0.15, 0.2) is 11.9 Å². The van der Waals surface area contributed by atoms with Gasteiger partial charge in [-0.1, -0.05) is 57.6 Å². The second-order valence-corrected chi connectivity index (χ2v) is 7.22. The number of hydrogen-bond donors (Lipinski definition) is 0. The van der Waals surface area contributed by atoms with E-state index in [9.17, 15) is 9.59 Å². The third-order valence-electron chi connectivity index (χ3n) is 4.69. The molecule has 0 bridgehead atoms. The molecule has 1 unspecified atom stereocenters. The summed E-state index contributed by atoms with van der Waals surface area (Å²) in [5.74, 6) is 4.80. The van der Waals surface area contributed by atoms with Crippen molar-refractivity contribution in [3.05, 3.63) is 47.8 Å². The maximum absolute atomic E-state index is 12.2. The Labute approximate surface area is 179 Å². The highest BCUT2D eigenvalue weighted by Crippen LogP contribution is 2.17. The molecule has 5 heteroatoms. The van der Waals surface area contributed by atoms with E-state index >= 15 is 0 Å². The molecule has 0 saturated heterocycles. The lowest BCUT2D eigenvalue weighted by Gasteiger charge is -2.09. The number of aryl methyl sites for hydroxylation is 1. The number of ether oxygens (including phenoxy) is 1. The van der Waals surface area contributed by atoms with Crippen LogP contribution in [0.15, 0.2) is 36.7 Å². The quantitative estimate of drug-likeness (QED) is 0.235. The lowest BCUT2D eigenvalue weighted by molar-refractivity contribution is -0.121. The first-order valence-corrected chi connectivity index (χ1v) is 10.7. The fourth-order valence-electron chi connectivity index (χ4n) is 2.88. The van der Waals surface area contributed by atoms with Crippen LogP contribution in [0.4, 0.5) is 0 Å². The molecule has 5 nitrogen and oxygen atoms in total. The van der Waals surface area contributed by atoms with E-state index in [1.165, 1.54) is 32.6 Å². The Kier molecular flexibility index (Phi) is 9.73. The zero-order valence-corrected chi connectivity index (χ0v) is 18.1. The number of carbonyl (C=O) groups excluding carboxylic acids is 2. The third-order valence-corrected chi connectivity index (χ3v) is 4.69. The summed E-state index contributed by atoms with van der Waals surface area (Å²) in [5, 5.41) is 0.